The number of carbonyl (C=O) groups excluding carboxylic acids is 1. The van der Waals surface area contributed by atoms with Crippen molar-refractivity contribution >= 4 is 5.91 Å². The zero-order chi connectivity index (χ0) is 8.43. The van der Waals surface area contributed by atoms with Crippen LogP contribution < -0.4 is 0 Å². The van der Waals surface area contributed by atoms with Gasteiger partial charge < -0.3 is 9.64 Å². The van der Waals surface area contributed by atoms with E-state index in [2.05, 4.69) is 6.58 Å². The average molecular weight is 155 g/mol. The van der Waals surface area contributed by atoms with Gasteiger partial charge in [0.05, 0.1) is 12.2 Å². The molecule has 0 radical (unpaired) electrons. The highest BCUT2D eigenvalue weighted by atomic mass is 16.5. The molecule has 62 valence electrons. The number of amides is 1. The highest BCUT2D eigenvalue weighted by molar-refractivity contribution is 5.76. The number of rotatable bonds is 2. The molecule has 0 aromatic rings. The van der Waals surface area contributed by atoms with Crippen molar-refractivity contribution in [2.75, 3.05) is 14.1 Å². The van der Waals surface area contributed by atoms with Crippen molar-refractivity contribution in [1.29, 1.82) is 0 Å². The lowest BCUT2D eigenvalue weighted by Gasteiger charge is -2.30. The second kappa shape index (κ2) is 2.95. The molecule has 0 N–H and O–H groups in total. The van der Waals surface area contributed by atoms with E-state index in [1.54, 1.807) is 19.0 Å². The largest absolute Gasteiger partial charge is 0.494 e. The molecule has 0 aromatic heterocycles. The third-order valence-corrected chi connectivity index (χ3v) is 1.69. The van der Waals surface area contributed by atoms with Crippen molar-refractivity contribution in [3.05, 3.63) is 12.3 Å². The second-order valence-corrected chi connectivity index (χ2v) is 2.97. The summed E-state index contributed by atoms with van der Waals surface area (Å²) in [7, 11) is 3.49. The van der Waals surface area contributed by atoms with E-state index in [1.165, 1.54) is 0 Å². The van der Waals surface area contributed by atoms with Gasteiger partial charge >= 0.3 is 0 Å². The van der Waals surface area contributed by atoms with Crippen LogP contribution in [0.1, 0.15) is 12.8 Å². The number of nitrogens with zero attached hydrogens (tertiary/aromatic N) is 1. The highest BCUT2D eigenvalue weighted by Gasteiger charge is 2.26. The molecule has 0 aromatic carbocycles. The van der Waals surface area contributed by atoms with Gasteiger partial charge in [-0.1, -0.05) is 6.58 Å². The van der Waals surface area contributed by atoms with Crippen LogP contribution in [0.5, 0.6) is 0 Å². The molecule has 3 nitrogen and oxygen atoms in total. The first-order valence-corrected chi connectivity index (χ1v) is 3.64. The van der Waals surface area contributed by atoms with E-state index in [9.17, 15) is 4.79 Å². The third-order valence-electron chi connectivity index (χ3n) is 1.69. The monoisotopic (exact) mass is 155 g/mol. The van der Waals surface area contributed by atoms with Crippen molar-refractivity contribution in [3.63, 3.8) is 0 Å². The van der Waals surface area contributed by atoms with Gasteiger partial charge in [-0.15, -0.1) is 0 Å². The van der Waals surface area contributed by atoms with Crippen LogP contribution in [0.4, 0.5) is 0 Å². The van der Waals surface area contributed by atoms with Crippen molar-refractivity contribution < 1.29 is 9.53 Å². The number of hydrogen-bond acceptors (Lipinski definition) is 2. The molecule has 0 aliphatic carbocycles. The molecule has 0 saturated carbocycles. The van der Waals surface area contributed by atoms with E-state index in [0.717, 1.165) is 12.2 Å². The van der Waals surface area contributed by atoms with Crippen LogP contribution in [0.25, 0.3) is 0 Å². The Morgan fingerprint density at radius 3 is 2.73 bits per heavy atom. The lowest BCUT2D eigenvalue weighted by atomic mass is 10.1. The summed E-state index contributed by atoms with van der Waals surface area (Å²) < 4.78 is 5.12. The summed E-state index contributed by atoms with van der Waals surface area (Å²) in [6, 6.07) is 0. The molecular weight excluding hydrogens is 142 g/mol. The summed E-state index contributed by atoms with van der Waals surface area (Å²) in [5.74, 6) is 0.907. The van der Waals surface area contributed by atoms with Crippen molar-refractivity contribution in [2.24, 2.45) is 0 Å². The van der Waals surface area contributed by atoms with Gasteiger partial charge in [0.1, 0.15) is 6.10 Å². The molecule has 1 rings (SSSR count). The number of carbonyl (C=O) groups is 1. The molecule has 1 aliphatic heterocycles. The average Bonchev–Trinajstić information content (AvgIpc) is 1.84. The summed E-state index contributed by atoms with van der Waals surface area (Å²) in [6.07, 6.45) is 1.39. The molecule has 1 saturated heterocycles. The molecule has 11 heavy (non-hydrogen) atoms. The standard InChI is InChI=1S/C8H13NO2/c1-6-4-7(11-6)5-8(10)9(2)3/h7H,1,4-5H2,2-3H3. The quantitative estimate of drug-likeness (QED) is 0.589. The predicted octanol–water partition coefficient (Wildman–Crippen LogP) is 0.767. The molecule has 0 bridgehead atoms. The SMILES string of the molecule is C=C1CC(CC(=O)N(C)C)O1. The third kappa shape index (κ3) is 1.97. The molecule has 1 amide bonds. The van der Waals surface area contributed by atoms with Crippen LogP contribution in [-0.4, -0.2) is 31.0 Å². The topological polar surface area (TPSA) is 29.5 Å². The molecule has 1 aliphatic rings. The maximum Gasteiger partial charge on any atom is 0.225 e. The van der Waals surface area contributed by atoms with E-state index in [-0.39, 0.29) is 12.0 Å². The number of ether oxygens (including phenoxy) is 1. The van der Waals surface area contributed by atoms with Gasteiger partial charge in [-0.25, -0.2) is 0 Å². The molecule has 1 heterocycles. The fourth-order valence-electron chi connectivity index (χ4n) is 0.971. The van der Waals surface area contributed by atoms with Gasteiger partial charge in [-0.05, 0) is 0 Å². The van der Waals surface area contributed by atoms with Crippen LogP contribution in [0.3, 0.4) is 0 Å². The predicted molar refractivity (Wildman–Crippen MR) is 41.9 cm³/mol. The van der Waals surface area contributed by atoms with Crippen LogP contribution in [0.15, 0.2) is 12.3 Å². The van der Waals surface area contributed by atoms with E-state index in [0.29, 0.717) is 6.42 Å². The van der Waals surface area contributed by atoms with Gasteiger partial charge in [0, 0.05) is 20.5 Å². The van der Waals surface area contributed by atoms with Gasteiger partial charge in [0.2, 0.25) is 5.91 Å². The number of hydrogen-bond donors (Lipinski definition) is 0. The highest BCUT2D eigenvalue weighted by Crippen LogP contribution is 2.25. The Hall–Kier alpha value is -0.990. The van der Waals surface area contributed by atoms with E-state index < -0.39 is 0 Å². The Morgan fingerprint density at radius 1 is 1.82 bits per heavy atom. The molecule has 1 fully saturated rings. The summed E-state index contributed by atoms with van der Waals surface area (Å²) >= 11 is 0. The van der Waals surface area contributed by atoms with Gasteiger partial charge in [-0.2, -0.15) is 0 Å². The fraction of sp³-hybridized carbons (Fsp3) is 0.625. The normalized spacial score (nSPS) is 22.0. The summed E-state index contributed by atoms with van der Waals surface area (Å²) in [5.41, 5.74) is 0. The zero-order valence-corrected chi connectivity index (χ0v) is 6.96. The van der Waals surface area contributed by atoms with Gasteiger partial charge in [0.25, 0.3) is 0 Å². The summed E-state index contributed by atoms with van der Waals surface area (Å²) in [6.45, 7) is 3.62. The zero-order valence-electron chi connectivity index (χ0n) is 6.96. The smallest absolute Gasteiger partial charge is 0.225 e. The van der Waals surface area contributed by atoms with Gasteiger partial charge in [0.15, 0.2) is 0 Å². The van der Waals surface area contributed by atoms with Crippen LogP contribution in [-0.2, 0) is 9.53 Å². The maximum absolute atomic E-state index is 11.1. The van der Waals surface area contributed by atoms with Crippen LogP contribution >= 0.6 is 0 Å². The Kier molecular flexibility index (Phi) is 2.17. The summed E-state index contributed by atoms with van der Waals surface area (Å²) in [5, 5.41) is 0. The van der Waals surface area contributed by atoms with Crippen LogP contribution in [0.2, 0.25) is 0 Å². The Labute approximate surface area is 66.6 Å². The Balaban J connectivity index is 2.22. The van der Waals surface area contributed by atoms with Crippen LogP contribution in [0, 0.1) is 0 Å². The van der Waals surface area contributed by atoms with Gasteiger partial charge in [-0.3, -0.25) is 4.79 Å². The summed E-state index contributed by atoms with van der Waals surface area (Å²) in [4.78, 5) is 12.6. The van der Waals surface area contributed by atoms with E-state index >= 15 is 0 Å². The van der Waals surface area contributed by atoms with Crippen molar-refractivity contribution in [1.82, 2.24) is 4.90 Å². The van der Waals surface area contributed by atoms with E-state index in [1.807, 2.05) is 0 Å². The Bertz CT molecular complexity index is 179. The maximum atomic E-state index is 11.1. The first kappa shape index (κ1) is 8.11. The fourth-order valence-corrected chi connectivity index (χ4v) is 0.971. The molecule has 1 unspecified atom stereocenters. The van der Waals surface area contributed by atoms with E-state index in [4.69, 9.17) is 4.74 Å². The Morgan fingerprint density at radius 2 is 2.36 bits per heavy atom. The minimum Gasteiger partial charge on any atom is -0.494 e. The lowest BCUT2D eigenvalue weighted by molar-refractivity contribution is -0.133. The lowest BCUT2D eigenvalue weighted by Crippen LogP contribution is -2.32. The second-order valence-electron chi connectivity index (χ2n) is 2.97. The molecular formula is C8H13NO2. The molecule has 1 atom stereocenters. The molecule has 0 spiro atoms. The van der Waals surface area contributed by atoms with Crippen molar-refractivity contribution in [3.8, 4) is 0 Å². The molecule has 3 heteroatoms. The minimum atomic E-state index is 0.0809. The first-order valence-electron chi connectivity index (χ1n) is 3.64. The minimum absolute atomic E-state index is 0.0809. The first-order chi connectivity index (χ1) is 5.09. The van der Waals surface area contributed by atoms with Crippen molar-refractivity contribution in [2.45, 2.75) is 18.9 Å².